The number of amides is 1. The Hall–Kier alpha value is -2.60. The lowest BCUT2D eigenvalue weighted by Gasteiger charge is -2.21. The van der Waals surface area contributed by atoms with Gasteiger partial charge >= 0.3 is 0 Å². The van der Waals surface area contributed by atoms with Crippen molar-refractivity contribution in [3.05, 3.63) is 59.4 Å². The highest BCUT2D eigenvalue weighted by molar-refractivity contribution is 5.75. The maximum atomic E-state index is 13.6. The van der Waals surface area contributed by atoms with Crippen LogP contribution in [0.4, 0.5) is 4.39 Å². The van der Waals surface area contributed by atoms with Gasteiger partial charge in [-0.15, -0.1) is 0 Å². The highest BCUT2D eigenvalue weighted by Crippen LogP contribution is 2.36. The molecule has 1 aliphatic carbocycles. The molecular formula is C22H27FN2O3. The van der Waals surface area contributed by atoms with Crippen LogP contribution in [-0.4, -0.2) is 25.7 Å². The maximum absolute atomic E-state index is 13.6. The number of primary amides is 1. The summed E-state index contributed by atoms with van der Waals surface area (Å²) in [6.07, 6.45) is 3.25. The van der Waals surface area contributed by atoms with Crippen LogP contribution in [0.25, 0.3) is 0 Å². The molecule has 0 bridgehead atoms. The van der Waals surface area contributed by atoms with Crippen LogP contribution < -0.4 is 20.5 Å². The van der Waals surface area contributed by atoms with Gasteiger partial charge in [-0.3, -0.25) is 4.79 Å². The third kappa shape index (κ3) is 5.01. The van der Waals surface area contributed by atoms with E-state index in [-0.39, 0.29) is 24.2 Å². The Bertz CT molecular complexity index is 810. The number of nitrogens with two attached hydrogens (primary N) is 1. The first-order valence-corrected chi connectivity index (χ1v) is 9.56. The van der Waals surface area contributed by atoms with Gasteiger partial charge in [-0.25, -0.2) is 4.39 Å². The van der Waals surface area contributed by atoms with E-state index in [2.05, 4.69) is 24.4 Å². The van der Waals surface area contributed by atoms with Gasteiger partial charge in [-0.2, -0.15) is 0 Å². The van der Waals surface area contributed by atoms with E-state index < -0.39 is 5.91 Å². The van der Waals surface area contributed by atoms with Crippen molar-refractivity contribution in [2.45, 2.75) is 44.2 Å². The molecule has 5 nitrogen and oxygen atoms in total. The van der Waals surface area contributed by atoms with Crippen LogP contribution in [0.5, 0.6) is 11.5 Å². The summed E-state index contributed by atoms with van der Waals surface area (Å²) in [4.78, 5) is 10.8. The van der Waals surface area contributed by atoms with Gasteiger partial charge in [0.1, 0.15) is 5.75 Å². The van der Waals surface area contributed by atoms with E-state index in [0.717, 1.165) is 24.8 Å². The van der Waals surface area contributed by atoms with E-state index >= 15 is 0 Å². The summed E-state index contributed by atoms with van der Waals surface area (Å²) in [5, 5.41) is 3.66. The summed E-state index contributed by atoms with van der Waals surface area (Å²) >= 11 is 0. The Balaban J connectivity index is 1.55. The molecule has 1 fully saturated rings. The number of halogens is 1. The molecule has 3 atom stereocenters. The van der Waals surface area contributed by atoms with Crippen molar-refractivity contribution in [3.8, 4) is 11.5 Å². The smallest absolute Gasteiger partial charge is 0.255 e. The fraction of sp³-hybridized carbons (Fsp3) is 0.409. The zero-order valence-electron chi connectivity index (χ0n) is 16.3. The van der Waals surface area contributed by atoms with Crippen LogP contribution >= 0.6 is 0 Å². The first kappa shape index (κ1) is 20.1. The number of rotatable bonds is 8. The van der Waals surface area contributed by atoms with E-state index in [1.807, 2.05) is 12.1 Å². The van der Waals surface area contributed by atoms with Crippen molar-refractivity contribution in [2.24, 2.45) is 5.73 Å². The Kier molecular flexibility index (Phi) is 6.52. The van der Waals surface area contributed by atoms with Crippen molar-refractivity contribution in [1.82, 2.24) is 5.32 Å². The molecule has 0 spiro atoms. The molecule has 150 valence electrons. The normalized spacial score (nSPS) is 20.0. The highest BCUT2D eigenvalue weighted by Gasteiger charge is 2.27. The monoisotopic (exact) mass is 386 g/mol. The lowest BCUT2D eigenvalue weighted by molar-refractivity contribution is -0.119. The van der Waals surface area contributed by atoms with Crippen LogP contribution in [0.2, 0.25) is 0 Å². The molecule has 0 heterocycles. The molecule has 1 amide bonds. The van der Waals surface area contributed by atoms with Crippen LogP contribution in [0, 0.1) is 5.82 Å². The van der Waals surface area contributed by atoms with E-state index in [1.165, 1.54) is 18.7 Å². The molecule has 6 heteroatoms. The zero-order valence-corrected chi connectivity index (χ0v) is 16.3. The van der Waals surface area contributed by atoms with Crippen LogP contribution in [0.15, 0.2) is 42.5 Å². The number of hydrogen-bond donors (Lipinski definition) is 2. The summed E-state index contributed by atoms with van der Waals surface area (Å²) < 4.78 is 24.0. The van der Waals surface area contributed by atoms with Crippen molar-refractivity contribution >= 4 is 5.91 Å². The van der Waals surface area contributed by atoms with E-state index in [1.54, 1.807) is 12.1 Å². The van der Waals surface area contributed by atoms with Crippen molar-refractivity contribution in [1.29, 1.82) is 0 Å². The Morgan fingerprint density at radius 2 is 2.00 bits per heavy atom. The number of hydrogen-bond acceptors (Lipinski definition) is 4. The lowest BCUT2D eigenvalue weighted by atomic mass is 9.97. The van der Waals surface area contributed by atoms with Gasteiger partial charge in [0.2, 0.25) is 0 Å². The van der Waals surface area contributed by atoms with Crippen molar-refractivity contribution < 1.29 is 18.7 Å². The molecule has 1 aliphatic rings. The van der Waals surface area contributed by atoms with E-state index in [0.29, 0.717) is 17.7 Å². The number of benzene rings is 2. The molecule has 2 aromatic carbocycles. The van der Waals surface area contributed by atoms with Crippen molar-refractivity contribution in [2.75, 3.05) is 13.7 Å². The summed E-state index contributed by atoms with van der Waals surface area (Å²) in [5.74, 6) is 0.574. The molecule has 1 unspecified atom stereocenters. The standard InChI is InChI=1S/C22H27FN2O3/c1-14(16-6-10-20(23)21(12-16)27-2)25-18-7-3-17(11-18)15-4-8-19(9-5-15)28-13-22(24)26/h4-6,8-10,12,14,17-18,25H,3,7,11,13H2,1-2H3,(H2,24,26)/t14-,17?,18-/m1/s1. The van der Waals surface area contributed by atoms with Crippen molar-refractivity contribution in [3.63, 3.8) is 0 Å². The topological polar surface area (TPSA) is 73.6 Å². The van der Waals surface area contributed by atoms with Gasteiger partial charge in [0.25, 0.3) is 5.91 Å². The second-order valence-electron chi connectivity index (χ2n) is 7.31. The predicted octanol–water partition coefficient (Wildman–Crippen LogP) is 3.69. The average molecular weight is 386 g/mol. The third-order valence-corrected chi connectivity index (χ3v) is 5.33. The predicted molar refractivity (Wildman–Crippen MR) is 106 cm³/mol. The minimum absolute atomic E-state index is 0.110. The Morgan fingerprint density at radius 1 is 1.25 bits per heavy atom. The second kappa shape index (κ2) is 9.06. The fourth-order valence-electron chi connectivity index (χ4n) is 3.82. The van der Waals surface area contributed by atoms with Gasteiger partial charge in [-0.1, -0.05) is 18.2 Å². The second-order valence-corrected chi connectivity index (χ2v) is 7.31. The van der Waals surface area contributed by atoms with Crippen LogP contribution in [0.3, 0.4) is 0 Å². The fourth-order valence-corrected chi connectivity index (χ4v) is 3.82. The van der Waals surface area contributed by atoms with Gasteiger partial charge in [0.05, 0.1) is 7.11 Å². The van der Waals surface area contributed by atoms with Gasteiger partial charge < -0.3 is 20.5 Å². The quantitative estimate of drug-likeness (QED) is 0.726. The first-order chi connectivity index (χ1) is 13.5. The number of carbonyl (C=O) groups excluding carboxylic acids is 1. The Morgan fingerprint density at radius 3 is 2.68 bits per heavy atom. The molecule has 28 heavy (non-hydrogen) atoms. The summed E-state index contributed by atoms with van der Waals surface area (Å²) in [5.41, 5.74) is 7.38. The maximum Gasteiger partial charge on any atom is 0.255 e. The summed E-state index contributed by atoms with van der Waals surface area (Å²) in [6.45, 7) is 1.98. The highest BCUT2D eigenvalue weighted by atomic mass is 19.1. The average Bonchev–Trinajstić information content (AvgIpc) is 3.15. The van der Waals surface area contributed by atoms with Gasteiger partial charge in [0.15, 0.2) is 18.2 Å². The third-order valence-electron chi connectivity index (χ3n) is 5.33. The minimum Gasteiger partial charge on any atom is -0.494 e. The molecule has 0 saturated heterocycles. The molecule has 3 N–H and O–H groups in total. The SMILES string of the molecule is COc1cc([C@@H](C)N[C@@H]2CCC(c3ccc(OCC(N)=O)cc3)C2)ccc1F. The van der Waals surface area contributed by atoms with Gasteiger partial charge in [0, 0.05) is 12.1 Å². The molecule has 2 aromatic rings. The number of methoxy groups -OCH3 is 1. The Labute approximate surface area is 165 Å². The molecule has 0 aliphatic heterocycles. The zero-order chi connectivity index (χ0) is 20.1. The van der Waals surface area contributed by atoms with Crippen LogP contribution in [0.1, 0.15) is 49.3 Å². The summed E-state index contributed by atoms with van der Waals surface area (Å²) in [7, 11) is 1.48. The van der Waals surface area contributed by atoms with E-state index in [9.17, 15) is 9.18 Å². The van der Waals surface area contributed by atoms with E-state index in [4.69, 9.17) is 15.2 Å². The number of carbonyl (C=O) groups is 1. The molecule has 1 saturated carbocycles. The number of ether oxygens (including phenoxy) is 2. The number of nitrogens with one attached hydrogen (secondary N) is 1. The summed E-state index contributed by atoms with van der Waals surface area (Å²) in [6, 6.07) is 13.4. The first-order valence-electron chi connectivity index (χ1n) is 9.56. The van der Waals surface area contributed by atoms with Gasteiger partial charge in [-0.05, 0) is 67.5 Å². The molecule has 0 radical (unpaired) electrons. The lowest BCUT2D eigenvalue weighted by Crippen LogP contribution is -2.29. The largest absolute Gasteiger partial charge is 0.494 e. The molecule has 0 aromatic heterocycles. The minimum atomic E-state index is -0.485. The molecule has 3 rings (SSSR count). The molecular weight excluding hydrogens is 359 g/mol. The van der Waals surface area contributed by atoms with Crippen LogP contribution in [-0.2, 0) is 4.79 Å².